The Morgan fingerprint density at radius 1 is 1.44 bits per heavy atom. The summed E-state index contributed by atoms with van der Waals surface area (Å²) in [5.41, 5.74) is 0.621. The fourth-order valence-electron chi connectivity index (χ4n) is 2.98. The van der Waals surface area contributed by atoms with Gasteiger partial charge in [-0.15, -0.1) is 0 Å². The molecule has 1 aromatic heterocycles. The normalized spacial score (nSPS) is 18.9. The van der Waals surface area contributed by atoms with Crippen molar-refractivity contribution in [2.75, 3.05) is 20.3 Å². The lowest BCUT2D eigenvalue weighted by Crippen LogP contribution is -2.41. The third-order valence-electron chi connectivity index (χ3n) is 4.58. The monoisotopic (exact) mass is 398 g/mol. The molecule has 1 saturated heterocycles. The lowest BCUT2D eigenvalue weighted by atomic mass is 10.1. The second-order valence-corrected chi connectivity index (χ2v) is 8.56. The highest BCUT2D eigenvalue weighted by Crippen LogP contribution is 2.31. The average molecular weight is 398 g/mol. The summed E-state index contributed by atoms with van der Waals surface area (Å²) in [6.07, 6.45) is 2.88. The first kappa shape index (κ1) is 21.3. The summed E-state index contributed by atoms with van der Waals surface area (Å²) in [6, 6.07) is 2.22. The molecule has 0 spiro atoms. The summed E-state index contributed by atoms with van der Waals surface area (Å²) in [4.78, 5) is 26.7. The Balaban J connectivity index is 2.25. The van der Waals surface area contributed by atoms with Gasteiger partial charge in [-0.25, -0.2) is 13.4 Å². The summed E-state index contributed by atoms with van der Waals surface area (Å²) in [7, 11) is -2.72. The predicted molar refractivity (Wildman–Crippen MR) is 97.9 cm³/mol. The van der Waals surface area contributed by atoms with Crippen LogP contribution in [0.5, 0.6) is 5.88 Å². The molecule has 0 aromatic carbocycles. The molecular formula is C18H26N2O6S. The number of ether oxygens (including phenoxy) is 2. The highest BCUT2D eigenvalue weighted by Gasteiger charge is 2.41. The number of rotatable bonds is 9. The van der Waals surface area contributed by atoms with Crippen LogP contribution in [0.15, 0.2) is 17.0 Å². The molecule has 0 bridgehead atoms. The van der Waals surface area contributed by atoms with E-state index < -0.39 is 22.0 Å². The Bertz CT molecular complexity index is 780. The number of esters is 1. The maximum atomic E-state index is 13.1. The molecule has 1 aliphatic rings. The van der Waals surface area contributed by atoms with Crippen LogP contribution < -0.4 is 4.74 Å². The van der Waals surface area contributed by atoms with E-state index in [1.807, 2.05) is 6.92 Å². The number of hydrogen-bond donors (Lipinski definition) is 0. The van der Waals surface area contributed by atoms with E-state index in [0.29, 0.717) is 31.4 Å². The lowest BCUT2D eigenvalue weighted by molar-refractivity contribution is -0.144. The van der Waals surface area contributed by atoms with Crippen molar-refractivity contribution in [1.29, 1.82) is 0 Å². The first-order valence-electron chi connectivity index (χ1n) is 8.95. The molecule has 2 rings (SSSR count). The van der Waals surface area contributed by atoms with Crippen LogP contribution in [0.3, 0.4) is 0 Å². The zero-order chi connectivity index (χ0) is 20.0. The topological polar surface area (TPSA) is 103 Å². The maximum Gasteiger partial charge on any atom is 0.324 e. The van der Waals surface area contributed by atoms with Crippen LogP contribution >= 0.6 is 0 Å². The van der Waals surface area contributed by atoms with Gasteiger partial charge in [0.15, 0.2) is 0 Å². The van der Waals surface area contributed by atoms with Crippen LogP contribution in [0.25, 0.3) is 0 Å². The standard InChI is InChI=1S/C18H26N2O6S/c1-13(8-11-21)9-12-26-17-16(7-6-14(2)19-17)27(23,24)20-10-4-5-15(20)18(22)25-3/h6-7,11,13,15H,4-5,8-10,12H2,1-3H3/t13-,15-/m0/s1. The van der Waals surface area contributed by atoms with Crippen molar-refractivity contribution in [3.63, 3.8) is 0 Å². The van der Waals surface area contributed by atoms with Gasteiger partial charge in [-0.1, -0.05) is 6.92 Å². The van der Waals surface area contributed by atoms with Crippen LogP contribution in [-0.4, -0.2) is 56.3 Å². The Kier molecular flexibility index (Phi) is 7.32. The van der Waals surface area contributed by atoms with Crippen molar-refractivity contribution in [2.45, 2.75) is 50.5 Å². The lowest BCUT2D eigenvalue weighted by Gasteiger charge is -2.23. The second-order valence-electron chi connectivity index (χ2n) is 6.70. The van der Waals surface area contributed by atoms with Gasteiger partial charge in [-0.3, -0.25) is 4.79 Å². The summed E-state index contributed by atoms with van der Waals surface area (Å²) in [5, 5.41) is 0. The molecule has 27 heavy (non-hydrogen) atoms. The average Bonchev–Trinajstić information content (AvgIpc) is 3.12. The molecule has 0 saturated carbocycles. The number of sulfonamides is 1. The molecule has 0 radical (unpaired) electrons. The smallest absolute Gasteiger partial charge is 0.324 e. The van der Waals surface area contributed by atoms with Gasteiger partial charge < -0.3 is 14.3 Å². The maximum absolute atomic E-state index is 13.1. The van der Waals surface area contributed by atoms with Crippen molar-refractivity contribution < 1.29 is 27.5 Å². The van der Waals surface area contributed by atoms with E-state index in [0.717, 1.165) is 10.6 Å². The van der Waals surface area contributed by atoms with E-state index >= 15 is 0 Å². The Morgan fingerprint density at radius 3 is 2.85 bits per heavy atom. The number of hydrogen-bond acceptors (Lipinski definition) is 7. The van der Waals surface area contributed by atoms with Gasteiger partial charge in [0.25, 0.3) is 0 Å². The third-order valence-corrected chi connectivity index (χ3v) is 6.50. The highest BCUT2D eigenvalue weighted by atomic mass is 32.2. The fourth-order valence-corrected chi connectivity index (χ4v) is 4.70. The second kappa shape index (κ2) is 9.27. The van der Waals surface area contributed by atoms with Gasteiger partial charge in [0, 0.05) is 18.7 Å². The SMILES string of the molecule is COC(=O)[C@@H]1CCCN1S(=O)(=O)c1ccc(C)nc1OCC[C@@H](C)CC=O. The van der Waals surface area contributed by atoms with Crippen molar-refractivity contribution >= 4 is 22.3 Å². The molecule has 1 aromatic rings. The number of nitrogens with zero attached hydrogens (tertiary/aromatic N) is 2. The number of carbonyl (C=O) groups excluding carboxylic acids is 2. The highest BCUT2D eigenvalue weighted by molar-refractivity contribution is 7.89. The minimum atomic E-state index is -3.96. The minimum absolute atomic E-state index is 0.0174. The number of pyridine rings is 1. The summed E-state index contributed by atoms with van der Waals surface area (Å²) in [6.45, 7) is 4.15. The van der Waals surface area contributed by atoms with Gasteiger partial charge in [-0.2, -0.15) is 4.31 Å². The molecule has 0 unspecified atom stereocenters. The van der Waals surface area contributed by atoms with Crippen LogP contribution in [0.2, 0.25) is 0 Å². The van der Waals surface area contributed by atoms with Crippen LogP contribution in [0.4, 0.5) is 0 Å². The number of methoxy groups -OCH3 is 1. The van der Waals surface area contributed by atoms with Gasteiger partial charge >= 0.3 is 5.97 Å². The van der Waals surface area contributed by atoms with E-state index in [-0.39, 0.29) is 29.8 Å². The van der Waals surface area contributed by atoms with E-state index in [9.17, 15) is 18.0 Å². The number of aldehydes is 1. The largest absolute Gasteiger partial charge is 0.477 e. The van der Waals surface area contributed by atoms with Crippen LogP contribution in [0.1, 0.15) is 38.3 Å². The predicted octanol–water partition coefficient (Wildman–Crippen LogP) is 1.71. The van der Waals surface area contributed by atoms with Crippen molar-refractivity contribution in [3.8, 4) is 5.88 Å². The minimum Gasteiger partial charge on any atom is -0.477 e. The quantitative estimate of drug-likeness (QED) is 0.461. The van der Waals surface area contributed by atoms with Gasteiger partial charge in [0.2, 0.25) is 15.9 Å². The summed E-state index contributed by atoms with van der Waals surface area (Å²) in [5.74, 6) is -0.417. The van der Waals surface area contributed by atoms with E-state index in [4.69, 9.17) is 9.47 Å². The van der Waals surface area contributed by atoms with Crippen LogP contribution in [-0.2, 0) is 24.3 Å². The van der Waals surface area contributed by atoms with Crippen molar-refractivity contribution in [2.24, 2.45) is 5.92 Å². The summed E-state index contributed by atoms with van der Waals surface area (Å²) < 4.78 is 37.8. The molecule has 0 N–H and O–H groups in total. The van der Waals surface area contributed by atoms with Crippen molar-refractivity contribution in [3.05, 3.63) is 17.8 Å². The van der Waals surface area contributed by atoms with Gasteiger partial charge in [0.05, 0.1) is 13.7 Å². The molecule has 8 nitrogen and oxygen atoms in total. The molecular weight excluding hydrogens is 372 g/mol. The number of aromatic nitrogens is 1. The molecule has 9 heteroatoms. The zero-order valence-corrected chi connectivity index (χ0v) is 16.7. The number of aryl methyl sites for hydroxylation is 1. The molecule has 0 aliphatic carbocycles. The first-order valence-corrected chi connectivity index (χ1v) is 10.4. The Morgan fingerprint density at radius 2 is 2.19 bits per heavy atom. The van der Waals surface area contributed by atoms with E-state index in [2.05, 4.69) is 4.98 Å². The first-order chi connectivity index (χ1) is 12.8. The Hall–Kier alpha value is -2.00. The molecule has 0 amide bonds. The molecule has 1 aliphatic heterocycles. The van der Waals surface area contributed by atoms with Crippen LogP contribution in [0, 0.1) is 12.8 Å². The molecule has 1 fully saturated rings. The zero-order valence-electron chi connectivity index (χ0n) is 15.9. The van der Waals surface area contributed by atoms with Gasteiger partial charge in [0.1, 0.15) is 17.2 Å². The molecule has 150 valence electrons. The molecule has 2 heterocycles. The molecule has 2 atom stereocenters. The van der Waals surface area contributed by atoms with E-state index in [1.54, 1.807) is 13.0 Å². The van der Waals surface area contributed by atoms with Crippen molar-refractivity contribution in [1.82, 2.24) is 9.29 Å². The number of carbonyl (C=O) groups is 2. The Labute approximate surface area is 159 Å². The summed E-state index contributed by atoms with van der Waals surface area (Å²) >= 11 is 0. The van der Waals surface area contributed by atoms with E-state index in [1.165, 1.54) is 13.2 Å². The fraction of sp³-hybridized carbons (Fsp3) is 0.611. The third kappa shape index (κ3) is 5.04. The van der Waals surface area contributed by atoms with Gasteiger partial charge in [-0.05, 0) is 44.2 Å².